The molecule has 0 aliphatic carbocycles. The van der Waals surface area contributed by atoms with Gasteiger partial charge in [0.15, 0.2) is 0 Å². The molecule has 11 heteroatoms. The van der Waals surface area contributed by atoms with Gasteiger partial charge in [-0.15, -0.1) is 0 Å². The maximum Gasteiger partial charge on any atom is 0.409 e. The molecule has 1 atom stereocenters. The topological polar surface area (TPSA) is 91.8 Å². The smallest absolute Gasteiger partial charge is 0.409 e. The average molecular weight is 486 g/mol. The zero-order valence-corrected chi connectivity index (χ0v) is 19.7. The quantitative estimate of drug-likeness (QED) is 0.626. The Bertz CT molecular complexity index is 832. The number of piperidine rings is 1. The van der Waals surface area contributed by atoms with Gasteiger partial charge in [0, 0.05) is 64.1 Å². The van der Waals surface area contributed by atoms with Crippen LogP contribution in [-0.2, 0) is 14.3 Å². The van der Waals surface area contributed by atoms with Gasteiger partial charge in [-0.3, -0.25) is 9.69 Å². The Morgan fingerprint density at radius 3 is 2.35 bits per heavy atom. The van der Waals surface area contributed by atoms with E-state index in [0.717, 1.165) is 18.2 Å². The molecule has 0 radical (unpaired) electrons. The summed E-state index contributed by atoms with van der Waals surface area (Å²) in [6.45, 7) is 3.87. The first-order chi connectivity index (χ1) is 16.2. The van der Waals surface area contributed by atoms with E-state index in [-0.39, 0.29) is 50.1 Å². The average Bonchev–Trinajstić information content (AvgIpc) is 2.97. The third-order valence-electron chi connectivity index (χ3n) is 6.11. The van der Waals surface area contributed by atoms with E-state index in [2.05, 4.69) is 4.90 Å². The lowest BCUT2D eigenvalue weighted by molar-refractivity contribution is -0.138. The summed E-state index contributed by atoms with van der Waals surface area (Å²) in [4.78, 5) is 29.8. The Morgan fingerprint density at radius 2 is 1.74 bits per heavy atom. The Kier molecular flexibility index (Phi) is 9.03. The van der Waals surface area contributed by atoms with Gasteiger partial charge in [-0.1, -0.05) is 0 Å². The van der Waals surface area contributed by atoms with Crippen molar-refractivity contribution in [3.05, 3.63) is 29.8 Å². The number of amides is 2. The van der Waals surface area contributed by atoms with E-state index in [1.54, 1.807) is 11.8 Å². The van der Waals surface area contributed by atoms with Crippen molar-refractivity contribution < 1.29 is 37.7 Å². The molecule has 2 saturated heterocycles. The Labute approximate surface area is 198 Å². The van der Waals surface area contributed by atoms with E-state index in [1.165, 1.54) is 12.0 Å². The number of β-amino-alcohol motifs (C(OH)–C–C–N with tert-alkyl or cyclic N) is 1. The van der Waals surface area contributed by atoms with Gasteiger partial charge >= 0.3 is 6.09 Å². The predicted octanol–water partition coefficient (Wildman–Crippen LogP) is 1.49. The molecule has 2 fully saturated rings. The fourth-order valence-electron chi connectivity index (χ4n) is 4.48. The SMILES string of the molecule is CCOC(=O)N1CCC(N2CCN(C(=O)COC)CC(O)(COc3cc(F)cc(F)c3)C2)CC1. The van der Waals surface area contributed by atoms with Gasteiger partial charge in [-0.05, 0) is 19.8 Å². The molecule has 9 nitrogen and oxygen atoms in total. The number of ether oxygens (including phenoxy) is 3. The van der Waals surface area contributed by atoms with Crippen molar-refractivity contribution >= 4 is 12.0 Å². The van der Waals surface area contributed by atoms with Crippen molar-refractivity contribution in [3.63, 3.8) is 0 Å². The molecule has 2 amide bonds. The third kappa shape index (κ3) is 7.00. The van der Waals surface area contributed by atoms with Crippen LogP contribution in [0.4, 0.5) is 13.6 Å². The van der Waals surface area contributed by atoms with Crippen molar-refractivity contribution in [2.45, 2.75) is 31.4 Å². The summed E-state index contributed by atoms with van der Waals surface area (Å²) in [7, 11) is 1.42. The van der Waals surface area contributed by atoms with Gasteiger partial charge < -0.3 is 29.1 Å². The van der Waals surface area contributed by atoms with Gasteiger partial charge in [0.2, 0.25) is 5.91 Å². The molecule has 1 unspecified atom stereocenters. The highest BCUT2D eigenvalue weighted by Gasteiger charge is 2.40. The number of benzene rings is 1. The molecule has 190 valence electrons. The van der Waals surface area contributed by atoms with Gasteiger partial charge in [-0.25, -0.2) is 13.6 Å². The molecule has 0 spiro atoms. The highest BCUT2D eigenvalue weighted by molar-refractivity contribution is 5.77. The minimum absolute atomic E-state index is 0.00877. The number of nitrogens with zero attached hydrogens (tertiary/aromatic N) is 3. The van der Waals surface area contributed by atoms with Crippen LogP contribution in [-0.4, -0.2) is 110 Å². The van der Waals surface area contributed by atoms with Crippen molar-refractivity contribution in [1.82, 2.24) is 14.7 Å². The summed E-state index contributed by atoms with van der Waals surface area (Å²) in [6.07, 6.45) is 1.05. The number of carbonyl (C=O) groups excluding carboxylic acids is 2. The maximum atomic E-state index is 13.6. The molecule has 2 aliphatic heterocycles. The lowest BCUT2D eigenvalue weighted by Crippen LogP contribution is -2.55. The second-order valence-corrected chi connectivity index (χ2v) is 8.75. The molecule has 2 aliphatic rings. The summed E-state index contributed by atoms with van der Waals surface area (Å²) in [6, 6.07) is 2.91. The highest BCUT2D eigenvalue weighted by Crippen LogP contribution is 2.24. The largest absolute Gasteiger partial charge is 0.490 e. The predicted molar refractivity (Wildman–Crippen MR) is 118 cm³/mol. The molecule has 0 bridgehead atoms. The molecule has 0 saturated carbocycles. The van der Waals surface area contributed by atoms with Crippen LogP contribution < -0.4 is 4.74 Å². The Balaban J connectivity index is 1.71. The number of methoxy groups -OCH3 is 1. The second-order valence-electron chi connectivity index (χ2n) is 8.75. The Hall–Kier alpha value is -2.50. The summed E-state index contributed by atoms with van der Waals surface area (Å²) < 4.78 is 42.7. The standard InChI is InChI=1S/C23H33F2N3O6/c1-3-33-22(30)26-6-4-19(5-7-26)27-8-9-28(21(29)13-32-2)15-23(31,14-27)16-34-20-11-17(24)10-18(25)12-20/h10-12,19,31H,3-9,13-16H2,1-2H3. The molecule has 1 aromatic rings. The minimum Gasteiger partial charge on any atom is -0.490 e. The van der Waals surface area contributed by atoms with Crippen LogP contribution in [0.5, 0.6) is 5.75 Å². The molecule has 3 rings (SSSR count). The molecular formula is C23H33F2N3O6. The highest BCUT2D eigenvalue weighted by atomic mass is 19.1. The maximum absolute atomic E-state index is 13.6. The van der Waals surface area contributed by atoms with E-state index < -0.39 is 17.2 Å². The number of hydrogen-bond donors (Lipinski definition) is 1. The van der Waals surface area contributed by atoms with Gasteiger partial charge in [0.1, 0.15) is 36.2 Å². The summed E-state index contributed by atoms with van der Waals surface area (Å²) in [5.41, 5.74) is -1.49. The van der Waals surface area contributed by atoms with Crippen molar-refractivity contribution in [2.24, 2.45) is 0 Å². The van der Waals surface area contributed by atoms with E-state index in [0.29, 0.717) is 45.6 Å². The zero-order chi connectivity index (χ0) is 24.7. The first-order valence-corrected chi connectivity index (χ1v) is 11.5. The molecule has 1 N–H and O–H groups in total. The normalized spacial score (nSPS) is 22.4. The summed E-state index contributed by atoms with van der Waals surface area (Å²) in [5.74, 6) is -1.87. The van der Waals surface area contributed by atoms with Gasteiger partial charge in [-0.2, -0.15) is 0 Å². The first kappa shape index (κ1) is 26.1. The summed E-state index contributed by atoms with van der Waals surface area (Å²) in [5, 5.41) is 11.5. The lowest BCUT2D eigenvalue weighted by atomic mass is 9.99. The number of halogens is 2. The van der Waals surface area contributed by atoms with Crippen LogP contribution in [0.2, 0.25) is 0 Å². The van der Waals surface area contributed by atoms with Gasteiger partial charge in [0.05, 0.1) is 13.2 Å². The van der Waals surface area contributed by atoms with E-state index in [4.69, 9.17) is 14.2 Å². The molecule has 34 heavy (non-hydrogen) atoms. The van der Waals surface area contributed by atoms with Crippen molar-refractivity contribution in [2.75, 3.05) is 66.2 Å². The van der Waals surface area contributed by atoms with Crippen LogP contribution in [0.1, 0.15) is 19.8 Å². The van der Waals surface area contributed by atoms with E-state index >= 15 is 0 Å². The number of hydrogen-bond acceptors (Lipinski definition) is 7. The number of rotatable bonds is 7. The van der Waals surface area contributed by atoms with Crippen LogP contribution >= 0.6 is 0 Å². The molecule has 1 aromatic carbocycles. The van der Waals surface area contributed by atoms with Crippen LogP contribution in [0.15, 0.2) is 18.2 Å². The second kappa shape index (κ2) is 11.8. The lowest BCUT2D eigenvalue weighted by Gasteiger charge is -2.40. The number of likely N-dealkylation sites (tertiary alicyclic amines) is 1. The van der Waals surface area contributed by atoms with Gasteiger partial charge in [0.25, 0.3) is 0 Å². The van der Waals surface area contributed by atoms with Crippen LogP contribution in [0.3, 0.4) is 0 Å². The Morgan fingerprint density at radius 1 is 1.06 bits per heavy atom. The van der Waals surface area contributed by atoms with Crippen molar-refractivity contribution in [1.29, 1.82) is 0 Å². The number of carbonyl (C=O) groups is 2. The number of aliphatic hydroxyl groups is 1. The van der Waals surface area contributed by atoms with Crippen molar-refractivity contribution in [3.8, 4) is 5.75 Å². The third-order valence-corrected chi connectivity index (χ3v) is 6.11. The van der Waals surface area contributed by atoms with E-state index in [9.17, 15) is 23.5 Å². The molecule has 2 heterocycles. The summed E-state index contributed by atoms with van der Waals surface area (Å²) >= 11 is 0. The van der Waals surface area contributed by atoms with Crippen LogP contribution in [0.25, 0.3) is 0 Å². The fourth-order valence-corrected chi connectivity index (χ4v) is 4.48. The minimum atomic E-state index is -1.49. The molecular weight excluding hydrogens is 452 g/mol. The van der Waals surface area contributed by atoms with E-state index in [1.807, 2.05) is 0 Å². The van der Waals surface area contributed by atoms with Crippen LogP contribution in [0, 0.1) is 11.6 Å². The fraction of sp³-hybridized carbons (Fsp3) is 0.652. The molecule has 0 aromatic heterocycles. The monoisotopic (exact) mass is 485 g/mol. The first-order valence-electron chi connectivity index (χ1n) is 11.5. The zero-order valence-electron chi connectivity index (χ0n) is 19.7.